The van der Waals surface area contributed by atoms with Gasteiger partial charge in [0.1, 0.15) is 5.01 Å². The van der Waals surface area contributed by atoms with Crippen molar-refractivity contribution in [1.29, 1.82) is 0 Å². The third-order valence-electron chi connectivity index (χ3n) is 1.43. The smallest absolute Gasteiger partial charge is 0.320 e. The minimum absolute atomic E-state index is 0.0358. The van der Waals surface area contributed by atoms with Crippen LogP contribution in [-0.2, 0) is 21.4 Å². The third-order valence-corrected chi connectivity index (χ3v) is 3.55. The zero-order chi connectivity index (χ0) is 11.5. The number of aromatic nitrogens is 1. The summed E-state index contributed by atoms with van der Waals surface area (Å²) >= 11 is 1.36. The molecular weight excluding hydrogens is 240 g/mol. The van der Waals surface area contributed by atoms with Gasteiger partial charge in [-0.25, -0.2) is 18.1 Å². The first-order valence-electron chi connectivity index (χ1n) is 3.99. The lowest BCUT2D eigenvalue weighted by Crippen LogP contribution is -2.29. The standard InChI is InChI=1S/C7H10N2O4S2/c1-5-2-8-6(14-5)3-9-15(12,13)4-7(10)11/h2,9H,3-4H2,1H3,(H,10,11). The Kier molecular flexibility index (Phi) is 3.77. The number of nitrogens with one attached hydrogen (secondary N) is 1. The van der Waals surface area contributed by atoms with Crippen molar-refractivity contribution in [2.45, 2.75) is 13.5 Å². The molecule has 15 heavy (non-hydrogen) atoms. The Balaban J connectivity index is 2.53. The van der Waals surface area contributed by atoms with Crippen LogP contribution in [0.2, 0.25) is 0 Å². The van der Waals surface area contributed by atoms with E-state index >= 15 is 0 Å². The molecule has 0 radical (unpaired) electrons. The number of aliphatic carboxylic acids is 1. The van der Waals surface area contributed by atoms with Crippen LogP contribution < -0.4 is 4.72 Å². The van der Waals surface area contributed by atoms with Crippen LogP contribution in [-0.4, -0.2) is 30.2 Å². The summed E-state index contributed by atoms with van der Waals surface area (Å²) in [4.78, 5) is 15.1. The molecule has 0 aliphatic carbocycles. The first-order valence-corrected chi connectivity index (χ1v) is 6.46. The molecule has 84 valence electrons. The molecule has 0 aliphatic rings. The first-order chi connectivity index (χ1) is 6.89. The maximum absolute atomic E-state index is 11.1. The Morgan fingerprint density at radius 1 is 1.67 bits per heavy atom. The fourth-order valence-corrected chi connectivity index (χ4v) is 2.47. The molecule has 0 unspecified atom stereocenters. The normalized spacial score (nSPS) is 11.5. The quantitative estimate of drug-likeness (QED) is 0.764. The molecule has 0 aromatic carbocycles. The van der Waals surface area contributed by atoms with Gasteiger partial charge in [0.25, 0.3) is 0 Å². The predicted octanol–water partition coefficient (Wildman–Crippen LogP) is -0.0445. The summed E-state index contributed by atoms with van der Waals surface area (Å²) in [5.41, 5.74) is 0. The zero-order valence-electron chi connectivity index (χ0n) is 7.93. The van der Waals surface area contributed by atoms with E-state index in [1.165, 1.54) is 11.3 Å². The average Bonchev–Trinajstić information content (AvgIpc) is 2.46. The van der Waals surface area contributed by atoms with E-state index in [4.69, 9.17) is 5.11 Å². The van der Waals surface area contributed by atoms with E-state index < -0.39 is 21.7 Å². The van der Waals surface area contributed by atoms with Crippen molar-refractivity contribution in [3.05, 3.63) is 16.1 Å². The highest BCUT2D eigenvalue weighted by molar-refractivity contribution is 7.90. The number of carboxylic acids is 1. The van der Waals surface area contributed by atoms with Crippen molar-refractivity contribution in [1.82, 2.24) is 9.71 Å². The molecule has 0 saturated carbocycles. The Hall–Kier alpha value is -0.990. The molecular formula is C7H10N2O4S2. The number of carboxylic acid groups (broad SMARTS) is 1. The highest BCUT2D eigenvalue weighted by atomic mass is 32.2. The Bertz CT molecular complexity index is 451. The molecule has 0 atom stereocenters. The molecule has 1 rings (SSSR count). The number of nitrogens with zero attached hydrogens (tertiary/aromatic N) is 1. The molecule has 6 nitrogen and oxygen atoms in total. The van der Waals surface area contributed by atoms with Gasteiger partial charge in [0.05, 0.1) is 6.54 Å². The first kappa shape index (κ1) is 12.1. The largest absolute Gasteiger partial charge is 0.480 e. The van der Waals surface area contributed by atoms with Gasteiger partial charge in [0.2, 0.25) is 10.0 Å². The zero-order valence-corrected chi connectivity index (χ0v) is 9.56. The van der Waals surface area contributed by atoms with Crippen molar-refractivity contribution in [3.8, 4) is 0 Å². The third kappa shape index (κ3) is 4.36. The van der Waals surface area contributed by atoms with E-state index in [-0.39, 0.29) is 6.54 Å². The molecule has 0 fully saturated rings. The monoisotopic (exact) mass is 250 g/mol. The van der Waals surface area contributed by atoms with Gasteiger partial charge < -0.3 is 5.11 Å². The van der Waals surface area contributed by atoms with Gasteiger partial charge in [0, 0.05) is 11.1 Å². The molecule has 0 saturated heterocycles. The van der Waals surface area contributed by atoms with Crippen LogP contribution in [0.15, 0.2) is 6.20 Å². The van der Waals surface area contributed by atoms with Crippen LogP contribution in [0.5, 0.6) is 0 Å². The minimum Gasteiger partial charge on any atom is -0.480 e. The molecule has 1 aromatic heterocycles. The number of sulfonamides is 1. The molecule has 1 heterocycles. The van der Waals surface area contributed by atoms with Crippen molar-refractivity contribution >= 4 is 27.3 Å². The van der Waals surface area contributed by atoms with Gasteiger partial charge in [-0.15, -0.1) is 11.3 Å². The lowest BCUT2D eigenvalue weighted by Gasteiger charge is -2.01. The summed E-state index contributed by atoms with van der Waals surface area (Å²) in [5.74, 6) is -2.30. The van der Waals surface area contributed by atoms with Crippen LogP contribution in [0.25, 0.3) is 0 Å². The molecule has 0 bridgehead atoms. The van der Waals surface area contributed by atoms with Gasteiger partial charge in [-0.1, -0.05) is 0 Å². The topological polar surface area (TPSA) is 96.4 Å². The van der Waals surface area contributed by atoms with E-state index in [2.05, 4.69) is 9.71 Å². The van der Waals surface area contributed by atoms with Crippen LogP contribution in [0.4, 0.5) is 0 Å². The Morgan fingerprint density at radius 2 is 2.33 bits per heavy atom. The van der Waals surface area contributed by atoms with Crippen LogP contribution in [0.1, 0.15) is 9.88 Å². The van der Waals surface area contributed by atoms with Crippen LogP contribution in [0.3, 0.4) is 0 Å². The maximum Gasteiger partial charge on any atom is 0.320 e. The Morgan fingerprint density at radius 3 is 2.80 bits per heavy atom. The van der Waals surface area contributed by atoms with Crippen molar-refractivity contribution in [2.75, 3.05) is 5.75 Å². The Labute approximate surface area is 91.0 Å². The summed E-state index contributed by atoms with van der Waals surface area (Å²) in [6.45, 7) is 1.89. The number of hydrogen-bond donors (Lipinski definition) is 2. The number of thiazole rings is 1. The van der Waals surface area contributed by atoms with Gasteiger partial charge in [-0.2, -0.15) is 0 Å². The second-order valence-electron chi connectivity index (χ2n) is 2.84. The predicted molar refractivity (Wildman–Crippen MR) is 55.1 cm³/mol. The molecule has 0 amide bonds. The summed E-state index contributed by atoms with van der Waals surface area (Å²) in [6.07, 6.45) is 1.63. The van der Waals surface area contributed by atoms with Crippen molar-refractivity contribution < 1.29 is 18.3 Å². The van der Waals surface area contributed by atoms with E-state index in [1.807, 2.05) is 6.92 Å². The van der Waals surface area contributed by atoms with Crippen LogP contribution in [0, 0.1) is 6.92 Å². The summed E-state index contributed by atoms with van der Waals surface area (Å²) in [6, 6.07) is 0. The lowest BCUT2D eigenvalue weighted by atomic mass is 10.6. The fraction of sp³-hybridized carbons (Fsp3) is 0.429. The number of hydrogen-bond acceptors (Lipinski definition) is 5. The fourth-order valence-electron chi connectivity index (χ4n) is 0.868. The number of carbonyl (C=O) groups is 1. The average molecular weight is 250 g/mol. The van der Waals surface area contributed by atoms with Crippen LogP contribution >= 0.6 is 11.3 Å². The number of rotatable bonds is 5. The van der Waals surface area contributed by atoms with Crippen molar-refractivity contribution in [3.63, 3.8) is 0 Å². The van der Waals surface area contributed by atoms with E-state index in [1.54, 1.807) is 6.20 Å². The second-order valence-corrected chi connectivity index (χ2v) is 5.96. The van der Waals surface area contributed by atoms with E-state index in [9.17, 15) is 13.2 Å². The maximum atomic E-state index is 11.1. The summed E-state index contributed by atoms with van der Waals surface area (Å²) < 4.78 is 24.4. The number of aryl methyl sites for hydroxylation is 1. The van der Waals surface area contributed by atoms with Gasteiger partial charge >= 0.3 is 5.97 Å². The highest BCUT2D eigenvalue weighted by Gasteiger charge is 2.15. The SMILES string of the molecule is Cc1cnc(CNS(=O)(=O)CC(=O)O)s1. The van der Waals surface area contributed by atoms with Gasteiger partial charge in [-0.3, -0.25) is 4.79 Å². The van der Waals surface area contributed by atoms with Crippen molar-refractivity contribution in [2.24, 2.45) is 0 Å². The van der Waals surface area contributed by atoms with Gasteiger partial charge in [0.15, 0.2) is 5.75 Å². The lowest BCUT2D eigenvalue weighted by molar-refractivity contribution is -0.134. The second kappa shape index (κ2) is 4.69. The molecule has 1 aromatic rings. The molecule has 0 aliphatic heterocycles. The highest BCUT2D eigenvalue weighted by Crippen LogP contribution is 2.10. The summed E-state index contributed by atoms with van der Waals surface area (Å²) in [7, 11) is -3.75. The molecule has 8 heteroatoms. The summed E-state index contributed by atoms with van der Waals surface area (Å²) in [5, 5.41) is 8.93. The van der Waals surface area contributed by atoms with Gasteiger partial charge in [-0.05, 0) is 6.92 Å². The molecule has 0 spiro atoms. The minimum atomic E-state index is -3.75. The van der Waals surface area contributed by atoms with E-state index in [0.717, 1.165) is 4.88 Å². The molecule has 2 N–H and O–H groups in total. The van der Waals surface area contributed by atoms with E-state index in [0.29, 0.717) is 5.01 Å².